The van der Waals surface area contributed by atoms with Gasteiger partial charge in [0.25, 0.3) is 5.91 Å². The molecule has 2 aromatic carbocycles. The van der Waals surface area contributed by atoms with Crippen molar-refractivity contribution in [3.8, 4) is 5.75 Å². The molecule has 0 N–H and O–H groups in total. The Balaban J connectivity index is 1.57. The van der Waals surface area contributed by atoms with Crippen molar-refractivity contribution in [2.24, 2.45) is 0 Å². The zero-order valence-electron chi connectivity index (χ0n) is 17.0. The second kappa shape index (κ2) is 9.41. The van der Waals surface area contributed by atoms with Gasteiger partial charge in [0, 0.05) is 31.4 Å². The number of rotatable bonds is 6. The summed E-state index contributed by atoms with van der Waals surface area (Å²) in [6.07, 6.45) is 1.73. The largest absolute Gasteiger partial charge is 0.496 e. The summed E-state index contributed by atoms with van der Waals surface area (Å²) in [5.74, 6) is 0.119. The number of anilines is 1. The highest BCUT2D eigenvalue weighted by molar-refractivity contribution is 7.07. The minimum atomic E-state index is -0.311. The highest BCUT2D eigenvalue weighted by Crippen LogP contribution is 2.29. The first-order chi connectivity index (χ1) is 14.7. The molecule has 0 atom stereocenters. The second-order valence-corrected chi connectivity index (χ2v) is 8.27. The SMILES string of the molecule is COc1ccccc1C(=O)N(c1ccc(F)cc1)C1CCN(Cc2ccsc2)CC1. The van der Waals surface area contributed by atoms with Crippen molar-refractivity contribution in [2.75, 3.05) is 25.1 Å². The topological polar surface area (TPSA) is 32.8 Å². The molecule has 156 valence electrons. The number of ether oxygens (including phenoxy) is 1. The van der Waals surface area contributed by atoms with Gasteiger partial charge >= 0.3 is 0 Å². The van der Waals surface area contributed by atoms with E-state index in [0.29, 0.717) is 17.0 Å². The fourth-order valence-corrected chi connectivity index (χ4v) is 4.68. The Morgan fingerprint density at radius 3 is 2.53 bits per heavy atom. The van der Waals surface area contributed by atoms with Gasteiger partial charge in [0.05, 0.1) is 12.7 Å². The summed E-state index contributed by atoms with van der Waals surface area (Å²) >= 11 is 1.71. The Labute approximate surface area is 180 Å². The van der Waals surface area contributed by atoms with Crippen LogP contribution in [0.25, 0.3) is 0 Å². The smallest absolute Gasteiger partial charge is 0.262 e. The van der Waals surface area contributed by atoms with Crippen LogP contribution >= 0.6 is 11.3 Å². The molecule has 6 heteroatoms. The van der Waals surface area contributed by atoms with Crippen LogP contribution in [0.15, 0.2) is 65.4 Å². The van der Waals surface area contributed by atoms with Crippen molar-refractivity contribution >= 4 is 22.9 Å². The van der Waals surface area contributed by atoms with E-state index in [4.69, 9.17) is 4.74 Å². The lowest BCUT2D eigenvalue weighted by atomic mass is 10.00. The number of hydrogen-bond donors (Lipinski definition) is 0. The van der Waals surface area contributed by atoms with E-state index in [2.05, 4.69) is 21.7 Å². The molecule has 0 aliphatic carbocycles. The number of carbonyl (C=O) groups excluding carboxylic acids is 1. The number of benzene rings is 2. The van der Waals surface area contributed by atoms with Crippen LogP contribution in [0.5, 0.6) is 5.75 Å². The maximum atomic E-state index is 13.6. The predicted octanol–water partition coefficient (Wildman–Crippen LogP) is 5.21. The molecule has 1 fully saturated rings. The Hall–Kier alpha value is -2.70. The van der Waals surface area contributed by atoms with Crippen molar-refractivity contribution in [1.29, 1.82) is 0 Å². The van der Waals surface area contributed by atoms with E-state index in [-0.39, 0.29) is 17.8 Å². The van der Waals surface area contributed by atoms with Gasteiger partial charge in [0.1, 0.15) is 11.6 Å². The van der Waals surface area contributed by atoms with E-state index in [1.54, 1.807) is 42.7 Å². The highest BCUT2D eigenvalue weighted by Gasteiger charge is 2.31. The summed E-state index contributed by atoms with van der Waals surface area (Å²) in [6.45, 7) is 2.77. The van der Waals surface area contributed by atoms with Crippen LogP contribution < -0.4 is 9.64 Å². The number of thiophene rings is 1. The van der Waals surface area contributed by atoms with Crippen molar-refractivity contribution in [2.45, 2.75) is 25.4 Å². The molecule has 1 aromatic heterocycles. The van der Waals surface area contributed by atoms with Crippen LogP contribution in [-0.2, 0) is 6.54 Å². The normalized spacial score (nSPS) is 15.1. The monoisotopic (exact) mass is 424 g/mol. The molecule has 4 nitrogen and oxygen atoms in total. The average molecular weight is 425 g/mol. The minimum Gasteiger partial charge on any atom is -0.496 e. The fourth-order valence-electron chi connectivity index (χ4n) is 4.02. The third-order valence-corrected chi connectivity index (χ3v) is 6.30. The summed E-state index contributed by atoms with van der Waals surface area (Å²) in [5, 5.41) is 4.28. The zero-order chi connectivity index (χ0) is 20.9. The van der Waals surface area contributed by atoms with Crippen molar-refractivity contribution in [3.63, 3.8) is 0 Å². The van der Waals surface area contributed by atoms with E-state index in [0.717, 1.165) is 32.5 Å². The van der Waals surface area contributed by atoms with E-state index >= 15 is 0 Å². The molecule has 0 radical (unpaired) electrons. The molecule has 4 rings (SSSR count). The first-order valence-corrected chi connectivity index (χ1v) is 11.1. The number of methoxy groups -OCH3 is 1. The van der Waals surface area contributed by atoms with Crippen LogP contribution in [0.1, 0.15) is 28.8 Å². The van der Waals surface area contributed by atoms with Gasteiger partial charge in [-0.3, -0.25) is 9.69 Å². The molecule has 0 saturated carbocycles. The summed E-state index contributed by atoms with van der Waals surface area (Å²) in [7, 11) is 1.57. The van der Waals surface area contributed by atoms with Gasteiger partial charge < -0.3 is 9.64 Å². The quantitative estimate of drug-likeness (QED) is 0.545. The second-order valence-electron chi connectivity index (χ2n) is 7.49. The summed E-state index contributed by atoms with van der Waals surface area (Å²) in [4.78, 5) is 17.8. The summed E-state index contributed by atoms with van der Waals surface area (Å²) in [6, 6.07) is 15.6. The van der Waals surface area contributed by atoms with E-state index in [9.17, 15) is 9.18 Å². The third-order valence-electron chi connectivity index (χ3n) is 5.57. The number of para-hydroxylation sites is 1. The maximum absolute atomic E-state index is 13.6. The van der Waals surface area contributed by atoms with Gasteiger partial charge in [-0.25, -0.2) is 4.39 Å². The van der Waals surface area contributed by atoms with Crippen molar-refractivity contribution in [1.82, 2.24) is 4.90 Å². The predicted molar refractivity (Wildman–Crippen MR) is 119 cm³/mol. The first-order valence-electron chi connectivity index (χ1n) is 10.1. The lowest BCUT2D eigenvalue weighted by Gasteiger charge is -2.38. The number of nitrogens with zero attached hydrogens (tertiary/aromatic N) is 2. The lowest BCUT2D eigenvalue weighted by Crippen LogP contribution is -2.47. The van der Waals surface area contributed by atoms with E-state index in [1.807, 2.05) is 17.0 Å². The molecule has 0 bridgehead atoms. The molecule has 1 saturated heterocycles. The molecule has 1 aliphatic heterocycles. The number of piperidine rings is 1. The average Bonchev–Trinajstić information content (AvgIpc) is 3.29. The van der Waals surface area contributed by atoms with Gasteiger partial charge in [0.2, 0.25) is 0 Å². The molecular formula is C24H25FN2O2S. The Kier molecular flexibility index (Phi) is 6.45. The molecule has 0 unspecified atom stereocenters. The number of hydrogen-bond acceptors (Lipinski definition) is 4. The van der Waals surface area contributed by atoms with Gasteiger partial charge in [-0.2, -0.15) is 11.3 Å². The number of carbonyl (C=O) groups is 1. The Bertz CT molecular complexity index is 967. The third kappa shape index (κ3) is 4.55. The Morgan fingerprint density at radius 2 is 1.87 bits per heavy atom. The van der Waals surface area contributed by atoms with E-state index in [1.165, 1.54) is 17.7 Å². The van der Waals surface area contributed by atoms with Gasteiger partial charge in [-0.15, -0.1) is 0 Å². The molecule has 3 aromatic rings. The number of amides is 1. The lowest BCUT2D eigenvalue weighted by molar-refractivity contribution is 0.0955. The minimum absolute atomic E-state index is 0.0478. The first kappa shape index (κ1) is 20.6. The molecule has 0 spiro atoms. The molecule has 1 amide bonds. The zero-order valence-corrected chi connectivity index (χ0v) is 17.8. The summed E-state index contributed by atoms with van der Waals surface area (Å²) in [5.41, 5.74) is 2.56. The number of likely N-dealkylation sites (tertiary alicyclic amines) is 1. The maximum Gasteiger partial charge on any atom is 0.262 e. The van der Waals surface area contributed by atoms with Gasteiger partial charge in [-0.05, 0) is 71.6 Å². The molecular weight excluding hydrogens is 399 g/mol. The van der Waals surface area contributed by atoms with Crippen LogP contribution in [0.4, 0.5) is 10.1 Å². The molecule has 30 heavy (non-hydrogen) atoms. The van der Waals surface area contributed by atoms with Crippen LogP contribution in [0, 0.1) is 5.82 Å². The van der Waals surface area contributed by atoms with Crippen LogP contribution in [-0.4, -0.2) is 37.0 Å². The van der Waals surface area contributed by atoms with Crippen molar-refractivity contribution < 1.29 is 13.9 Å². The van der Waals surface area contributed by atoms with Gasteiger partial charge in [0.15, 0.2) is 0 Å². The van der Waals surface area contributed by atoms with Gasteiger partial charge in [-0.1, -0.05) is 12.1 Å². The summed E-state index contributed by atoms with van der Waals surface area (Å²) < 4.78 is 19.0. The Morgan fingerprint density at radius 1 is 1.13 bits per heavy atom. The van der Waals surface area contributed by atoms with Crippen LogP contribution in [0.2, 0.25) is 0 Å². The fraction of sp³-hybridized carbons (Fsp3) is 0.292. The van der Waals surface area contributed by atoms with Crippen molar-refractivity contribution in [3.05, 3.63) is 82.3 Å². The van der Waals surface area contributed by atoms with Crippen LogP contribution in [0.3, 0.4) is 0 Å². The number of halogens is 1. The van der Waals surface area contributed by atoms with E-state index < -0.39 is 0 Å². The molecule has 1 aliphatic rings. The highest BCUT2D eigenvalue weighted by atomic mass is 32.1. The standard InChI is InChI=1S/C24H25FN2O2S/c1-29-23-5-3-2-4-22(23)24(28)27(20-8-6-19(25)7-9-20)21-10-13-26(14-11-21)16-18-12-15-30-17-18/h2-9,12,15,17,21H,10-11,13-14,16H2,1H3. The molecule has 2 heterocycles.